The number of hydrogen-bond donors (Lipinski definition) is 2. The summed E-state index contributed by atoms with van der Waals surface area (Å²) < 4.78 is 31.5. The van der Waals surface area contributed by atoms with E-state index in [2.05, 4.69) is 19.6 Å². The first-order chi connectivity index (χ1) is 11.9. The van der Waals surface area contributed by atoms with Crippen LogP contribution in [0.25, 0.3) is 0 Å². The van der Waals surface area contributed by atoms with Gasteiger partial charge in [0.1, 0.15) is 0 Å². The van der Waals surface area contributed by atoms with E-state index in [1.54, 1.807) is 6.92 Å². The van der Waals surface area contributed by atoms with Gasteiger partial charge in [-0.05, 0) is 25.7 Å². The van der Waals surface area contributed by atoms with Gasteiger partial charge in [0.25, 0.3) is 10.1 Å². The van der Waals surface area contributed by atoms with Crippen molar-refractivity contribution in [3.05, 3.63) is 0 Å². The molecular weight excluding hydrogens is 352 g/mol. The fourth-order valence-corrected chi connectivity index (χ4v) is 4.49. The Morgan fingerprint density at radius 1 is 0.720 bits per heavy atom. The molecule has 0 aromatic heterocycles. The molecule has 0 aliphatic rings. The Morgan fingerprint density at radius 2 is 1.16 bits per heavy atom. The third kappa shape index (κ3) is 16.2. The molecule has 0 bridgehead atoms. The molecule has 2 unspecified atom stereocenters. The molecule has 0 rings (SSSR count). The monoisotopic (exact) mass is 394 g/mol. The maximum absolute atomic E-state index is 11.2. The summed E-state index contributed by atoms with van der Waals surface area (Å²) in [6, 6.07) is 0. The molecule has 2 atom stereocenters. The van der Waals surface area contributed by atoms with Gasteiger partial charge in [-0.2, -0.15) is 21.0 Å². The molecule has 0 saturated heterocycles. The maximum atomic E-state index is 11.2. The number of thiol groups is 1. The van der Waals surface area contributed by atoms with Crippen LogP contribution in [0.4, 0.5) is 0 Å². The molecule has 0 aromatic rings. The SMILES string of the molecule is CCCCCCCCCCCCCCC(S)CCC(CC)S(=O)(=O)O. The molecule has 152 valence electrons. The number of rotatable bonds is 18. The molecule has 0 aliphatic carbocycles. The van der Waals surface area contributed by atoms with Crippen molar-refractivity contribution in [2.24, 2.45) is 0 Å². The van der Waals surface area contributed by atoms with Crippen LogP contribution in [-0.4, -0.2) is 23.5 Å². The fraction of sp³-hybridized carbons (Fsp3) is 1.00. The summed E-state index contributed by atoms with van der Waals surface area (Å²) in [6.07, 6.45) is 19.0. The fourth-order valence-electron chi connectivity index (χ4n) is 3.31. The quantitative estimate of drug-likeness (QED) is 0.152. The molecule has 1 N–H and O–H groups in total. The van der Waals surface area contributed by atoms with E-state index >= 15 is 0 Å². The highest BCUT2D eigenvalue weighted by molar-refractivity contribution is 7.86. The summed E-state index contributed by atoms with van der Waals surface area (Å²) in [5, 5.41) is -0.372. The third-order valence-electron chi connectivity index (χ3n) is 5.09. The highest BCUT2D eigenvalue weighted by Crippen LogP contribution is 2.20. The van der Waals surface area contributed by atoms with E-state index in [0.29, 0.717) is 12.8 Å². The third-order valence-corrected chi connectivity index (χ3v) is 7.02. The minimum Gasteiger partial charge on any atom is -0.285 e. The topological polar surface area (TPSA) is 54.4 Å². The number of unbranched alkanes of at least 4 members (excludes halogenated alkanes) is 11. The standard InChI is InChI=1S/C20H42O3S2/c1-3-5-6-7-8-9-10-11-12-13-14-15-16-19(24)17-18-20(4-2)25(21,22)23/h19-20,24H,3-18H2,1-2H3,(H,21,22,23). The summed E-state index contributed by atoms with van der Waals surface area (Å²) in [6.45, 7) is 4.06. The van der Waals surface area contributed by atoms with E-state index in [-0.39, 0.29) is 5.25 Å². The van der Waals surface area contributed by atoms with Crippen LogP contribution in [0.5, 0.6) is 0 Å². The lowest BCUT2D eigenvalue weighted by atomic mass is 10.0. The second-order valence-corrected chi connectivity index (χ2v) is 9.88. The van der Waals surface area contributed by atoms with Crippen LogP contribution in [0, 0.1) is 0 Å². The van der Waals surface area contributed by atoms with Crippen LogP contribution in [0.3, 0.4) is 0 Å². The van der Waals surface area contributed by atoms with Crippen molar-refractivity contribution in [2.45, 2.75) is 127 Å². The Balaban J connectivity index is 3.42. The lowest BCUT2D eigenvalue weighted by Gasteiger charge is -2.15. The Hall–Kier alpha value is 0.260. The average molecular weight is 395 g/mol. The summed E-state index contributed by atoms with van der Waals surface area (Å²) in [4.78, 5) is 0. The van der Waals surface area contributed by atoms with Gasteiger partial charge in [0.05, 0.1) is 5.25 Å². The molecule has 0 spiro atoms. The van der Waals surface area contributed by atoms with Crippen molar-refractivity contribution in [1.29, 1.82) is 0 Å². The molecular formula is C20H42O3S2. The molecule has 0 aromatic carbocycles. The molecule has 0 radical (unpaired) electrons. The largest absolute Gasteiger partial charge is 0.285 e. The first-order valence-electron chi connectivity index (χ1n) is 10.6. The van der Waals surface area contributed by atoms with E-state index in [1.807, 2.05) is 0 Å². The van der Waals surface area contributed by atoms with Crippen molar-refractivity contribution in [3.8, 4) is 0 Å². The summed E-state index contributed by atoms with van der Waals surface area (Å²) in [5.41, 5.74) is 0. The van der Waals surface area contributed by atoms with Crippen molar-refractivity contribution < 1.29 is 13.0 Å². The van der Waals surface area contributed by atoms with Crippen molar-refractivity contribution in [1.82, 2.24) is 0 Å². The van der Waals surface area contributed by atoms with Crippen LogP contribution < -0.4 is 0 Å². The Bertz CT molecular complexity index is 382. The Labute approximate surface area is 162 Å². The van der Waals surface area contributed by atoms with Crippen molar-refractivity contribution in [2.75, 3.05) is 0 Å². The summed E-state index contributed by atoms with van der Waals surface area (Å²) in [7, 11) is -3.89. The van der Waals surface area contributed by atoms with Crippen molar-refractivity contribution in [3.63, 3.8) is 0 Å². The highest BCUT2D eigenvalue weighted by Gasteiger charge is 2.21. The molecule has 3 nitrogen and oxygen atoms in total. The van der Waals surface area contributed by atoms with E-state index in [1.165, 1.54) is 77.0 Å². The lowest BCUT2D eigenvalue weighted by molar-refractivity contribution is 0.453. The van der Waals surface area contributed by atoms with Crippen LogP contribution in [0.1, 0.15) is 117 Å². The molecule has 0 fully saturated rings. The number of hydrogen-bond acceptors (Lipinski definition) is 3. The normalized spacial score (nSPS) is 14.6. The zero-order chi connectivity index (χ0) is 19.0. The van der Waals surface area contributed by atoms with Crippen LogP contribution in [-0.2, 0) is 10.1 Å². The van der Waals surface area contributed by atoms with E-state index in [0.717, 1.165) is 12.8 Å². The predicted octanol–water partition coefficient (Wildman–Crippen LogP) is 6.82. The van der Waals surface area contributed by atoms with Gasteiger partial charge in [-0.1, -0.05) is 90.9 Å². The van der Waals surface area contributed by atoms with E-state index in [9.17, 15) is 8.42 Å². The van der Waals surface area contributed by atoms with Gasteiger partial charge in [0.2, 0.25) is 0 Å². The first kappa shape index (κ1) is 25.3. The molecule has 0 aliphatic heterocycles. The van der Waals surface area contributed by atoms with Gasteiger partial charge in [0, 0.05) is 5.25 Å². The zero-order valence-corrected chi connectivity index (χ0v) is 18.3. The van der Waals surface area contributed by atoms with Gasteiger partial charge < -0.3 is 0 Å². The second kappa shape index (κ2) is 16.4. The van der Waals surface area contributed by atoms with Gasteiger partial charge in [-0.15, -0.1) is 0 Å². The summed E-state index contributed by atoms with van der Waals surface area (Å²) >= 11 is 4.57. The smallest absolute Gasteiger partial charge is 0.267 e. The van der Waals surface area contributed by atoms with Gasteiger partial charge in [-0.3, -0.25) is 4.55 Å². The molecule has 0 amide bonds. The predicted molar refractivity (Wildman–Crippen MR) is 113 cm³/mol. The first-order valence-corrected chi connectivity index (χ1v) is 12.6. The van der Waals surface area contributed by atoms with Gasteiger partial charge in [0.15, 0.2) is 0 Å². The molecule has 0 saturated carbocycles. The average Bonchev–Trinajstić information content (AvgIpc) is 2.55. The molecule has 0 heterocycles. The maximum Gasteiger partial charge on any atom is 0.267 e. The van der Waals surface area contributed by atoms with E-state index < -0.39 is 15.4 Å². The molecule has 5 heteroatoms. The second-order valence-electron chi connectivity index (χ2n) is 7.45. The van der Waals surface area contributed by atoms with Crippen LogP contribution in [0.15, 0.2) is 0 Å². The van der Waals surface area contributed by atoms with Gasteiger partial charge >= 0.3 is 0 Å². The Kier molecular flexibility index (Phi) is 16.6. The minimum absolute atomic E-state index is 0.249. The van der Waals surface area contributed by atoms with Crippen LogP contribution >= 0.6 is 12.6 Å². The van der Waals surface area contributed by atoms with Crippen molar-refractivity contribution >= 4 is 22.7 Å². The molecule has 25 heavy (non-hydrogen) atoms. The van der Waals surface area contributed by atoms with Crippen LogP contribution in [0.2, 0.25) is 0 Å². The van der Waals surface area contributed by atoms with E-state index in [4.69, 9.17) is 4.55 Å². The Morgan fingerprint density at radius 3 is 1.56 bits per heavy atom. The zero-order valence-electron chi connectivity index (χ0n) is 16.6. The highest BCUT2D eigenvalue weighted by atomic mass is 32.2. The lowest BCUT2D eigenvalue weighted by Crippen LogP contribution is -2.20. The summed E-state index contributed by atoms with van der Waals surface area (Å²) in [5.74, 6) is 0. The van der Waals surface area contributed by atoms with Gasteiger partial charge in [-0.25, -0.2) is 0 Å². The minimum atomic E-state index is -3.89.